The number of nitrogens with two attached hydrogens (primary N) is 1. The van der Waals surface area contributed by atoms with Gasteiger partial charge in [0.15, 0.2) is 0 Å². The minimum atomic E-state index is -0.682. The van der Waals surface area contributed by atoms with Gasteiger partial charge in [0.25, 0.3) is 5.69 Å². The summed E-state index contributed by atoms with van der Waals surface area (Å²) in [5, 5.41) is 13.3. The molecule has 0 aliphatic rings. The highest BCUT2D eigenvalue weighted by atomic mass is 35.5. The molecule has 0 aromatic heterocycles. The third kappa shape index (κ3) is 3.83. The van der Waals surface area contributed by atoms with Gasteiger partial charge in [-0.3, -0.25) is 10.1 Å². The standard InChI is InChI=1S/C10H13ClFN3O2/c11-7-5-10(15(16)17)9(6-8(7)12)14-4-2-1-3-13/h5-6,14H,1-4,13H2. The number of unbranched alkanes of at least 4 members (excludes halogenated alkanes) is 1. The van der Waals surface area contributed by atoms with E-state index in [-0.39, 0.29) is 16.4 Å². The zero-order chi connectivity index (χ0) is 12.8. The molecule has 0 saturated carbocycles. The number of hydrogen-bond donors (Lipinski definition) is 2. The van der Waals surface area contributed by atoms with Crippen LogP contribution in [-0.4, -0.2) is 18.0 Å². The molecule has 0 radical (unpaired) electrons. The molecule has 94 valence electrons. The lowest BCUT2D eigenvalue weighted by molar-refractivity contribution is -0.384. The van der Waals surface area contributed by atoms with Crippen molar-refractivity contribution in [3.05, 3.63) is 33.1 Å². The van der Waals surface area contributed by atoms with Gasteiger partial charge in [0.05, 0.1) is 9.95 Å². The van der Waals surface area contributed by atoms with Gasteiger partial charge in [0.2, 0.25) is 0 Å². The fourth-order valence-electron chi connectivity index (χ4n) is 1.32. The first-order valence-corrected chi connectivity index (χ1v) is 5.51. The van der Waals surface area contributed by atoms with Crippen molar-refractivity contribution in [2.75, 3.05) is 18.4 Å². The van der Waals surface area contributed by atoms with Crippen LogP contribution in [0, 0.1) is 15.9 Å². The molecule has 0 spiro atoms. The zero-order valence-corrected chi connectivity index (χ0v) is 9.84. The third-order valence-corrected chi connectivity index (χ3v) is 2.47. The number of nitrogens with zero attached hydrogens (tertiary/aromatic N) is 1. The van der Waals surface area contributed by atoms with Crippen molar-refractivity contribution < 1.29 is 9.31 Å². The third-order valence-electron chi connectivity index (χ3n) is 2.18. The van der Waals surface area contributed by atoms with Gasteiger partial charge in [-0.25, -0.2) is 4.39 Å². The average molecular weight is 262 g/mol. The number of nitro groups is 1. The van der Waals surface area contributed by atoms with Crippen LogP contribution in [-0.2, 0) is 0 Å². The van der Waals surface area contributed by atoms with Gasteiger partial charge in [0.1, 0.15) is 11.5 Å². The predicted molar refractivity (Wildman–Crippen MR) is 64.8 cm³/mol. The summed E-state index contributed by atoms with van der Waals surface area (Å²) in [6.07, 6.45) is 1.56. The number of benzene rings is 1. The molecule has 17 heavy (non-hydrogen) atoms. The molecule has 7 heteroatoms. The van der Waals surface area contributed by atoms with Gasteiger partial charge >= 0.3 is 0 Å². The lowest BCUT2D eigenvalue weighted by atomic mass is 10.2. The molecule has 1 aromatic rings. The number of rotatable bonds is 6. The molecule has 0 amide bonds. The predicted octanol–water partition coefficient (Wildman–Crippen LogP) is 2.54. The van der Waals surface area contributed by atoms with Gasteiger partial charge in [-0.05, 0) is 19.4 Å². The van der Waals surface area contributed by atoms with Crippen molar-refractivity contribution in [2.45, 2.75) is 12.8 Å². The fourth-order valence-corrected chi connectivity index (χ4v) is 1.48. The number of nitrogens with one attached hydrogen (secondary N) is 1. The molecule has 1 rings (SSSR count). The molecular formula is C10H13ClFN3O2. The highest BCUT2D eigenvalue weighted by Crippen LogP contribution is 2.30. The van der Waals surface area contributed by atoms with E-state index >= 15 is 0 Å². The van der Waals surface area contributed by atoms with Crippen molar-refractivity contribution >= 4 is 23.0 Å². The van der Waals surface area contributed by atoms with Gasteiger partial charge in [0, 0.05) is 18.7 Å². The van der Waals surface area contributed by atoms with E-state index in [2.05, 4.69) is 5.32 Å². The summed E-state index contributed by atoms with van der Waals surface area (Å²) in [5.74, 6) is -0.682. The van der Waals surface area contributed by atoms with Crippen LogP contribution in [0.1, 0.15) is 12.8 Å². The van der Waals surface area contributed by atoms with E-state index < -0.39 is 10.7 Å². The first-order chi connectivity index (χ1) is 8.06. The summed E-state index contributed by atoms with van der Waals surface area (Å²) in [6, 6.07) is 2.03. The maximum absolute atomic E-state index is 13.2. The normalized spacial score (nSPS) is 10.3. The first-order valence-electron chi connectivity index (χ1n) is 5.13. The molecule has 1 aromatic carbocycles. The molecule has 0 unspecified atom stereocenters. The molecule has 0 bridgehead atoms. The summed E-state index contributed by atoms with van der Waals surface area (Å²) in [5.41, 5.74) is 5.22. The maximum Gasteiger partial charge on any atom is 0.294 e. The van der Waals surface area contributed by atoms with Crippen molar-refractivity contribution in [2.24, 2.45) is 5.73 Å². The molecular weight excluding hydrogens is 249 g/mol. The van der Waals surface area contributed by atoms with Crippen LogP contribution in [0.3, 0.4) is 0 Å². The fraction of sp³-hybridized carbons (Fsp3) is 0.400. The number of hydrogen-bond acceptors (Lipinski definition) is 4. The molecule has 0 heterocycles. The number of anilines is 1. The van der Waals surface area contributed by atoms with E-state index in [4.69, 9.17) is 17.3 Å². The van der Waals surface area contributed by atoms with Crippen LogP contribution in [0.15, 0.2) is 12.1 Å². The molecule has 0 aliphatic carbocycles. The Hall–Kier alpha value is -1.40. The molecule has 3 N–H and O–H groups in total. The van der Waals surface area contributed by atoms with Gasteiger partial charge < -0.3 is 11.1 Å². The first kappa shape index (κ1) is 13.7. The Morgan fingerprint density at radius 3 is 2.76 bits per heavy atom. The smallest absolute Gasteiger partial charge is 0.294 e. The molecule has 0 fully saturated rings. The minimum Gasteiger partial charge on any atom is -0.379 e. The maximum atomic E-state index is 13.2. The molecule has 0 saturated heterocycles. The van der Waals surface area contributed by atoms with Crippen molar-refractivity contribution in [1.82, 2.24) is 0 Å². The monoisotopic (exact) mass is 261 g/mol. The van der Waals surface area contributed by atoms with E-state index in [0.717, 1.165) is 25.0 Å². The minimum absolute atomic E-state index is 0.133. The van der Waals surface area contributed by atoms with Crippen LogP contribution in [0.25, 0.3) is 0 Å². The lowest BCUT2D eigenvalue weighted by Crippen LogP contribution is -2.07. The van der Waals surface area contributed by atoms with Crippen LogP contribution in [0.5, 0.6) is 0 Å². The summed E-state index contributed by atoms with van der Waals surface area (Å²) in [6.45, 7) is 1.05. The van der Waals surface area contributed by atoms with Crippen molar-refractivity contribution in [3.63, 3.8) is 0 Å². The van der Waals surface area contributed by atoms with Gasteiger partial charge in [-0.2, -0.15) is 0 Å². The highest BCUT2D eigenvalue weighted by molar-refractivity contribution is 6.31. The quantitative estimate of drug-likeness (QED) is 0.468. The van der Waals surface area contributed by atoms with E-state index in [9.17, 15) is 14.5 Å². The van der Waals surface area contributed by atoms with Crippen LogP contribution >= 0.6 is 11.6 Å². The lowest BCUT2D eigenvalue weighted by Gasteiger charge is -2.07. The summed E-state index contributed by atoms with van der Waals surface area (Å²) < 4.78 is 13.2. The SMILES string of the molecule is NCCCCNc1cc(F)c(Cl)cc1[N+](=O)[O-]. The second kappa shape index (κ2) is 6.36. The summed E-state index contributed by atoms with van der Waals surface area (Å²) in [7, 11) is 0. The molecule has 0 atom stereocenters. The Labute approximate surface area is 103 Å². The molecule has 5 nitrogen and oxygen atoms in total. The Morgan fingerprint density at radius 2 is 2.18 bits per heavy atom. The average Bonchev–Trinajstić information content (AvgIpc) is 2.28. The number of halogens is 2. The zero-order valence-electron chi connectivity index (χ0n) is 9.08. The highest BCUT2D eigenvalue weighted by Gasteiger charge is 2.17. The topological polar surface area (TPSA) is 81.2 Å². The van der Waals surface area contributed by atoms with E-state index in [1.165, 1.54) is 0 Å². The van der Waals surface area contributed by atoms with Crippen molar-refractivity contribution in [1.29, 1.82) is 0 Å². The Balaban J connectivity index is 2.81. The summed E-state index contributed by atoms with van der Waals surface area (Å²) in [4.78, 5) is 10.1. The van der Waals surface area contributed by atoms with Crippen molar-refractivity contribution in [3.8, 4) is 0 Å². The number of nitro benzene ring substituents is 1. The molecule has 0 aliphatic heterocycles. The van der Waals surface area contributed by atoms with E-state index in [1.807, 2.05) is 0 Å². The van der Waals surface area contributed by atoms with Crippen LogP contribution < -0.4 is 11.1 Å². The van der Waals surface area contributed by atoms with Gasteiger partial charge in [-0.15, -0.1) is 0 Å². The van der Waals surface area contributed by atoms with Gasteiger partial charge in [-0.1, -0.05) is 11.6 Å². The second-order valence-electron chi connectivity index (χ2n) is 3.46. The Morgan fingerprint density at radius 1 is 1.47 bits per heavy atom. The van der Waals surface area contributed by atoms with E-state index in [1.54, 1.807) is 0 Å². The Bertz CT molecular complexity index is 415. The van der Waals surface area contributed by atoms with Crippen LogP contribution in [0.2, 0.25) is 5.02 Å². The summed E-state index contributed by atoms with van der Waals surface area (Å²) >= 11 is 5.49. The largest absolute Gasteiger partial charge is 0.379 e. The van der Waals surface area contributed by atoms with E-state index in [0.29, 0.717) is 13.1 Å². The second-order valence-corrected chi connectivity index (χ2v) is 3.87. The van der Waals surface area contributed by atoms with Crippen LogP contribution in [0.4, 0.5) is 15.8 Å². The Kier molecular flexibility index (Phi) is 5.11.